The minimum Gasteiger partial charge on any atom is -0.381 e. The van der Waals surface area contributed by atoms with E-state index in [0.29, 0.717) is 5.71 Å². The largest absolute Gasteiger partial charge is 0.381 e. The fourth-order valence-corrected chi connectivity index (χ4v) is 2.28. The van der Waals surface area contributed by atoms with Gasteiger partial charge in [0.2, 0.25) is 5.78 Å². The molecule has 2 saturated carbocycles. The standard InChI is InChI=1S/C8H10N2O2/c1-12-6-3-4-2-5(6)7(10-9)8(4)11/h4-6H,2-3H2,1H3/t4-,5+,6-/m1/s1. The number of hydrogen-bond donors (Lipinski definition) is 0. The first kappa shape index (κ1) is 7.65. The Kier molecular flexibility index (Phi) is 1.60. The Morgan fingerprint density at radius 2 is 2.33 bits per heavy atom. The quantitative estimate of drug-likeness (QED) is 0.415. The molecule has 12 heavy (non-hydrogen) atoms. The predicted octanol–water partition coefficient (Wildman–Crippen LogP) is 0.281. The number of methoxy groups -OCH3 is 1. The second-order valence-electron chi connectivity index (χ2n) is 3.40. The molecule has 2 aliphatic carbocycles. The summed E-state index contributed by atoms with van der Waals surface area (Å²) in [6.07, 6.45) is 1.68. The number of ether oxygens (including phenoxy) is 1. The molecule has 0 unspecified atom stereocenters. The third-order valence-corrected chi connectivity index (χ3v) is 2.89. The van der Waals surface area contributed by atoms with Crippen molar-refractivity contribution in [2.45, 2.75) is 18.9 Å². The molecule has 0 aromatic rings. The third-order valence-electron chi connectivity index (χ3n) is 2.89. The number of ketones is 1. The SMILES string of the molecule is CO[C@@H]1C[C@H]2C[C@@H]1C(=[N+]=[N-])C2=O. The molecule has 2 aliphatic rings. The summed E-state index contributed by atoms with van der Waals surface area (Å²) in [5, 5.41) is 0. The van der Waals surface area contributed by atoms with Gasteiger partial charge in [-0.15, -0.1) is 0 Å². The lowest BCUT2D eigenvalue weighted by Gasteiger charge is -2.15. The van der Waals surface area contributed by atoms with E-state index < -0.39 is 0 Å². The van der Waals surface area contributed by atoms with E-state index in [9.17, 15) is 4.79 Å². The van der Waals surface area contributed by atoms with Crippen molar-refractivity contribution in [3.8, 4) is 0 Å². The average Bonchev–Trinajstić information content (AvgIpc) is 2.61. The highest BCUT2D eigenvalue weighted by Crippen LogP contribution is 2.41. The summed E-state index contributed by atoms with van der Waals surface area (Å²) in [6, 6.07) is 0. The van der Waals surface area contributed by atoms with Crippen LogP contribution in [0.1, 0.15) is 12.8 Å². The van der Waals surface area contributed by atoms with Crippen LogP contribution in [-0.4, -0.2) is 29.5 Å². The molecule has 0 N–H and O–H groups in total. The molecule has 2 bridgehead atoms. The summed E-state index contributed by atoms with van der Waals surface area (Å²) >= 11 is 0. The van der Waals surface area contributed by atoms with E-state index in [-0.39, 0.29) is 23.7 Å². The Hall–Kier alpha value is -0.990. The molecule has 0 amide bonds. The van der Waals surface area contributed by atoms with E-state index >= 15 is 0 Å². The summed E-state index contributed by atoms with van der Waals surface area (Å²) in [4.78, 5) is 14.3. The number of carbonyl (C=O) groups is 1. The van der Waals surface area contributed by atoms with E-state index in [1.807, 2.05) is 0 Å². The maximum atomic E-state index is 11.3. The minimum absolute atomic E-state index is 0.0100. The molecule has 0 aromatic carbocycles. The number of hydrogen-bond acceptors (Lipinski definition) is 2. The highest BCUT2D eigenvalue weighted by molar-refractivity contribution is 6.41. The normalized spacial score (nSPS) is 38.9. The summed E-state index contributed by atoms with van der Waals surface area (Å²) in [5.41, 5.74) is 8.90. The van der Waals surface area contributed by atoms with E-state index in [0.717, 1.165) is 12.8 Å². The van der Waals surface area contributed by atoms with Crippen LogP contribution in [0.2, 0.25) is 0 Å². The van der Waals surface area contributed by atoms with Crippen molar-refractivity contribution >= 4 is 11.5 Å². The summed E-state index contributed by atoms with van der Waals surface area (Å²) in [6.45, 7) is 0. The molecule has 0 aliphatic heterocycles. The number of rotatable bonds is 1. The molecule has 2 rings (SSSR count). The van der Waals surface area contributed by atoms with Crippen molar-refractivity contribution in [2.24, 2.45) is 11.8 Å². The van der Waals surface area contributed by atoms with Gasteiger partial charge in [-0.05, 0) is 12.8 Å². The first-order valence-electron chi connectivity index (χ1n) is 4.07. The van der Waals surface area contributed by atoms with Crippen LogP contribution in [0.3, 0.4) is 0 Å². The minimum atomic E-state index is 0.0100. The molecule has 0 heterocycles. The lowest BCUT2D eigenvalue weighted by molar-refractivity contribution is -0.121. The van der Waals surface area contributed by atoms with E-state index in [2.05, 4.69) is 4.79 Å². The van der Waals surface area contributed by atoms with Crippen LogP contribution >= 0.6 is 0 Å². The fourth-order valence-electron chi connectivity index (χ4n) is 2.28. The highest BCUT2D eigenvalue weighted by atomic mass is 16.5. The second-order valence-corrected chi connectivity index (χ2v) is 3.40. The number of nitrogens with zero attached hydrogens (tertiary/aromatic N) is 2. The molecule has 4 heteroatoms. The molecular formula is C8H10N2O2. The topological polar surface area (TPSA) is 62.7 Å². The molecule has 0 radical (unpaired) electrons. The molecule has 2 fully saturated rings. The average molecular weight is 166 g/mol. The molecule has 0 aromatic heterocycles. The summed E-state index contributed by atoms with van der Waals surface area (Å²) < 4.78 is 5.18. The molecule has 4 nitrogen and oxygen atoms in total. The van der Waals surface area contributed by atoms with Gasteiger partial charge in [-0.2, -0.15) is 4.79 Å². The zero-order valence-corrected chi connectivity index (χ0v) is 6.86. The smallest absolute Gasteiger partial charge is 0.340 e. The van der Waals surface area contributed by atoms with Crippen LogP contribution in [0.25, 0.3) is 5.53 Å². The van der Waals surface area contributed by atoms with Crippen molar-refractivity contribution in [3.05, 3.63) is 5.53 Å². The van der Waals surface area contributed by atoms with Crippen LogP contribution in [0, 0.1) is 11.8 Å². The summed E-state index contributed by atoms with van der Waals surface area (Å²) in [5.74, 6) is 0.0964. The van der Waals surface area contributed by atoms with E-state index in [1.54, 1.807) is 7.11 Å². The van der Waals surface area contributed by atoms with Crippen molar-refractivity contribution in [3.63, 3.8) is 0 Å². The maximum absolute atomic E-state index is 11.3. The van der Waals surface area contributed by atoms with Crippen molar-refractivity contribution in [1.82, 2.24) is 0 Å². The zero-order valence-electron chi connectivity index (χ0n) is 6.86. The van der Waals surface area contributed by atoms with E-state index in [1.165, 1.54) is 0 Å². The van der Waals surface area contributed by atoms with Gasteiger partial charge in [0.25, 0.3) is 0 Å². The Morgan fingerprint density at radius 3 is 2.83 bits per heavy atom. The van der Waals surface area contributed by atoms with Gasteiger partial charge in [-0.1, -0.05) is 0 Å². The number of carbonyl (C=O) groups excluding carboxylic acids is 1. The Morgan fingerprint density at radius 1 is 1.58 bits per heavy atom. The maximum Gasteiger partial charge on any atom is 0.340 e. The van der Waals surface area contributed by atoms with Crippen LogP contribution in [-0.2, 0) is 9.53 Å². The van der Waals surface area contributed by atoms with Crippen LogP contribution in [0.5, 0.6) is 0 Å². The monoisotopic (exact) mass is 166 g/mol. The highest BCUT2D eigenvalue weighted by Gasteiger charge is 2.55. The second kappa shape index (κ2) is 2.51. The van der Waals surface area contributed by atoms with Gasteiger partial charge in [0.05, 0.1) is 12.0 Å². The molecule has 0 saturated heterocycles. The first-order valence-corrected chi connectivity index (χ1v) is 4.07. The molecular weight excluding hydrogens is 156 g/mol. The van der Waals surface area contributed by atoms with Gasteiger partial charge in [-0.3, -0.25) is 4.79 Å². The predicted molar refractivity (Wildman–Crippen MR) is 40.6 cm³/mol. The third kappa shape index (κ3) is 0.792. The first-order chi connectivity index (χ1) is 5.77. The Bertz CT molecular complexity index is 281. The van der Waals surface area contributed by atoms with E-state index in [4.69, 9.17) is 10.3 Å². The van der Waals surface area contributed by atoms with Gasteiger partial charge >= 0.3 is 5.71 Å². The van der Waals surface area contributed by atoms with Gasteiger partial charge in [0, 0.05) is 13.0 Å². The zero-order chi connectivity index (χ0) is 8.72. The lowest BCUT2D eigenvalue weighted by atomic mass is 9.94. The Balaban J connectivity index is 2.32. The van der Waals surface area contributed by atoms with Gasteiger partial charge in [0.1, 0.15) is 0 Å². The van der Waals surface area contributed by atoms with Gasteiger partial charge in [0.15, 0.2) is 0 Å². The van der Waals surface area contributed by atoms with Gasteiger partial charge < -0.3 is 10.3 Å². The number of fused-ring (bicyclic) bond motifs is 2. The van der Waals surface area contributed by atoms with Crippen molar-refractivity contribution in [2.75, 3.05) is 7.11 Å². The van der Waals surface area contributed by atoms with Crippen molar-refractivity contribution < 1.29 is 14.3 Å². The van der Waals surface area contributed by atoms with Crippen LogP contribution in [0.4, 0.5) is 0 Å². The molecule has 3 atom stereocenters. The summed E-state index contributed by atoms with van der Waals surface area (Å²) in [7, 11) is 1.63. The lowest BCUT2D eigenvalue weighted by Crippen LogP contribution is -2.33. The van der Waals surface area contributed by atoms with Crippen molar-refractivity contribution in [1.29, 1.82) is 0 Å². The van der Waals surface area contributed by atoms with Gasteiger partial charge in [-0.25, -0.2) is 0 Å². The Labute approximate surface area is 70.1 Å². The molecule has 0 spiro atoms. The fraction of sp³-hybridized carbons (Fsp3) is 0.750. The number of Topliss-reactive ketones (excluding diaryl/α,β-unsaturated/α-hetero) is 1. The molecule has 64 valence electrons. The van der Waals surface area contributed by atoms with Crippen LogP contribution in [0.15, 0.2) is 0 Å². The van der Waals surface area contributed by atoms with Crippen LogP contribution < -0.4 is 0 Å².